The standard InChI is InChI=1S/C24H23Cl2F3N2O3/c1-5-33-22(32)23(3,4)34-21(17-11-10-16(25)12-18(17)26)20-13(2)19(30-31-20)14-6-8-15(9-7-14)24(27,28)29/h6-12,21H,5H2,1-4H3,(H,30,31). The molecule has 0 saturated carbocycles. The fourth-order valence-electron chi connectivity index (χ4n) is 3.40. The topological polar surface area (TPSA) is 64.2 Å². The van der Waals surface area contributed by atoms with Gasteiger partial charge in [-0.15, -0.1) is 0 Å². The number of nitrogens with one attached hydrogen (secondary N) is 1. The predicted molar refractivity (Wildman–Crippen MR) is 124 cm³/mol. The Morgan fingerprint density at radius 2 is 1.76 bits per heavy atom. The third-order valence-corrected chi connectivity index (χ3v) is 5.78. The first kappa shape index (κ1) is 26.1. The molecule has 34 heavy (non-hydrogen) atoms. The van der Waals surface area contributed by atoms with E-state index < -0.39 is 29.4 Å². The van der Waals surface area contributed by atoms with Crippen molar-refractivity contribution in [2.45, 2.75) is 45.6 Å². The number of hydrogen-bond donors (Lipinski definition) is 1. The van der Waals surface area contributed by atoms with E-state index in [1.165, 1.54) is 12.1 Å². The molecule has 1 aromatic heterocycles. The number of H-pyrrole nitrogens is 1. The van der Waals surface area contributed by atoms with Gasteiger partial charge in [-0.05, 0) is 57.5 Å². The monoisotopic (exact) mass is 514 g/mol. The molecule has 182 valence electrons. The summed E-state index contributed by atoms with van der Waals surface area (Å²) in [4.78, 5) is 12.5. The van der Waals surface area contributed by atoms with Crippen molar-refractivity contribution in [3.63, 3.8) is 0 Å². The Balaban J connectivity index is 2.07. The van der Waals surface area contributed by atoms with Crippen LogP contribution in [0.5, 0.6) is 0 Å². The summed E-state index contributed by atoms with van der Waals surface area (Å²) in [7, 11) is 0. The van der Waals surface area contributed by atoms with Crippen molar-refractivity contribution < 1.29 is 27.4 Å². The van der Waals surface area contributed by atoms with Crippen LogP contribution in [-0.2, 0) is 20.4 Å². The maximum Gasteiger partial charge on any atom is 0.416 e. The molecule has 1 N–H and O–H groups in total. The van der Waals surface area contributed by atoms with Crippen LogP contribution in [0.3, 0.4) is 0 Å². The Labute approximate surface area is 205 Å². The Morgan fingerprint density at radius 1 is 1.12 bits per heavy atom. The molecule has 0 saturated heterocycles. The Hall–Kier alpha value is -2.55. The minimum atomic E-state index is -4.43. The van der Waals surface area contributed by atoms with Gasteiger partial charge < -0.3 is 9.47 Å². The van der Waals surface area contributed by atoms with Crippen molar-refractivity contribution in [2.75, 3.05) is 6.61 Å². The van der Waals surface area contributed by atoms with Crippen molar-refractivity contribution in [1.29, 1.82) is 0 Å². The molecular weight excluding hydrogens is 492 g/mol. The molecule has 1 atom stereocenters. The first-order valence-corrected chi connectivity index (χ1v) is 11.1. The van der Waals surface area contributed by atoms with Crippen LogP contribution in [0.25, 0.3) is 11.3 Å². The normalized spacial score (nSPS) is 13.1. The highest BCUT2D eigenvalue weighted by atomic mass is 35.5. The molecule has 0 spiro atoms. The molecular formula is C24H23Cl2F3N2O3. The molecule has 0 fully saturated rings. The van der Waals surface area contributed by atoms with E-state index in [1.54, 1.807) is 45.9 Å². The van der Waals surface area contributed by atoms with Crippen LogP contribution in [0.2, 0.25) is 10.0 Å². The quantitative estimate of drug-likeness (QED) is 0.339. The summed E-state index contributed by atoms with van der Waals surface area (Å²) in [6.07, 6.45) is -5.33. The number of alkyl halides is 3. The van der Waals surface area contributed by atoms with E-state index >= 15 is 0 Å². The number of rotatable bonds is 7. The van der Waals surface area contributed by atoms with E-state index in [0.29, 0.717) is 38.1 Å². The van der Waals surface area contributed by atoms with Gasteiger partial charge in [0.1, 0.15) is 6.10 Å². The van der Waals surface area contributed by atoms with Gasteiger partial charge in [0.15, 0.2) is 5.60 Å². The molecule has 10 heteroatoms. The zero-order chi connectivity index (χ0) is 25.3. The van der Waals surface area contributed by atoms with Gasteiger partial charge >= 0.3 is 12.1 Å². The highest BCUT2D eigenvalue weighted by molar-refractivity contribution is 6.35. The van der Waals surface area contributed by atoms with E-state index in [2.05, 4.69) is 10.2 Å². The van der Waals surface area contributed by atoms with Crippen molar-refractivity contribution >= 4 is 29.2 Å². The van der Waals surface area contributed by atoms with Gasteiger partial charge in [0.2, 0.25) is 0 Å². The molecule has 0 aliphatic carbocycles. The van der Waals surface area contributed by atoms with Gasteiger partial charge in [0, 0.05) is 21.2 Å². The third-order valence-electron chi connectivity index (χ3n) is 5.22. The minimum Gasteiger partial charge on any atom is -0.464 e. The largest absolute Gasteiger partial charge is 0.464 e. The average molecular weight is 515 g/mol. The van der Waals surface area contributed by atoms with Gasteiger partial charge in [-0.2, -0.15) is 18.3 Å². The second-order valence-electron chi connectivity index (χ2n) is 8.08. The van der Waals surface area contributed by atoms with Crippen LogP contribution in [0, 0.1) is 6.92 Å². The third kappa shape index (κ3) is 5.56. The number of aromatic amines is 1. The summed E-state index contributed by atoms with van der Waals surface area (Å²) >= 11 is 12.5. The molecule has 0 amide bonds. The highest BCUT2D eigenvalue weighted by Crippen LogP contribution is 2.39. The van der Waals surface area contributed by atoms with Crippen molar-refractivity contribution in [3.8, 4) is 11.3 Å². The van der Waals surface area contributed by atoms with Gasteiger partial charge in [0.25, 0.3) is 0 Å². The lowest BCUT2D eigenvalue weighted by Gasteiger charge is -2.29. The molecule has 3 rings (SSSR count). The summed E-state index contributed by atoms with van der Waals surface area (Å²) in [5.74, 6) is -0.568. The molecule has 0 aliphatic rings. The number of ether oxygens (including phenoxy) is 2. The van der Waals surface area contributed by atoms with Crippen LogP contribution in [-0.4, -0.2) is 28.4 Å². The fourth-order valence-corrected chi connectivity index (χ4v) is 3.91. The fraction of sp³-hybridized carbons (Fsp3) is 0.333. The smallest absolute Gasteiger partial charge is 0.416 e. The molecule has 3 aromatic rings. The van der Waals surface area contributed by atoms with Crippen LogP contribution < -0.4 is 0 Å². The highest BCUT2D eigenvalue weighted by Gasteiger charge is 2.37. The number of nitrogens with zero attached hydrogens (tertiary/aromatic N) is 1. The van der Waals surface area contributed by atoms with Crippen LogP contribution in [0.1, 0.15) is 49.3 Å². The predicted octanol–water partition coefficient (Wildman–Crippen LogP) is 7.16. The van der Waals surface area contributed by atoms with Crippen molar-refractivity contribution in [3.05, 3.63) is 74.9 Å². The Kier molecular flexibility index (Phi) is 7.65. The van der Waals surface area contributed by atoms with E-state index in [0.717, 1.165) is 12.1 Å². The summed E-state index contributed by atoms with van der Waals surface area (Å²) in [5.41, 5.74) is 0.456. The maximum atomic E-state index is 12.9. The average Bonchev–Trinajstić information content (AvgIpc) is 3.13. The minimum absolute atomic E-state index is 0.178. The van der Waals surface area contributed by atoms with E-state index in [1.807, 2.05) is 0 Å². The lowest BCUT2D eigenvalue weighted by Crippen LogP contribution is -2.38. The molecule has 2 aromatic carbocycles. The Bertz CT molecular complexity index is 1180. The molecule has 5 nitrogen and oxygen atoms in total. The zero-order valence-corrected chi connectivity index (χ0v) is 20.4. The summed E-state index contributed by atoms with van der Waals surface area (Å²) < 4.78 is 50.2. The van der Waals surface area contributed by atoms with Crippen molar-refractivity contribution in [1.82, 2.24) is 10.2 Å². The lowest BCUT2D eigenvalue weighted by molar-refractivity contribution is -0.172. The number of esters is 1. The number of halogens is 5. The molecule has 1 unspecified atom stereocenters. The number of benzene rings is 2. The number of carbonyl (C=O) groups is 1. The first-order valence-electron chi connectivity index (χ1n) is 10.4. The molecule has 0 radical (unpaired) electrons. The number of carbonyl (C=O) groups excluding carboxylic acids is 1. The van der Waals surface area contributed by atoms with E-state index in [9.17, 15) is 18.0 Å². The van der Waals surface area contributed by atoms with Gasteiger partial charge in [-0.1, -0.05) is 41.4 Å². The summed E-state index contributed by atoms with van der Waals surface area (Å²) in [5, 5.41) is 7.97. The van der Waals surface area contributed by atoms with Crippen LogP contribution >= 0.6 is 23.2 Å². The number of hydrogen-bond acceptors (Lipinski definition) is 4. The SMILES string of the molecule is CCOC(=O)C(C)(C)OC(c1ccc(Cl)cc1Cl)c1n[nH]c(-c2ccc(C(F)(F)F)cc2)c1C. The second-order valence-corrected chi connectivity index (χ2v) is 8.92. The Morgan fingerprint density at radius 3 is 2.32 bits per heavy atom. The second kappa shape index (κ2) is 9.98. The molecule has 0 bridgehead atoms. The lowest BCUT2D eigenvalue weighted by atomic mass is 9.98. The zero-order valence-electron chi connectivity index (χ0n) is 18.9. The van der Waals surface area contributed by atoms with Crippen LogP contribution in [0.15, 0.2) is 42.5 Å². The van der Waals surface area contributed by atoms with E-state index in [4.69, 9.17) is 32.7 Å². The van der Waals surface area contributed by atoms with Gasteiger partial charge in [0.05, 0.1) is 23.6 Å². The molecule has 1 heterocycles. The molecule has 0 aliphatic heterocycles. The van der Waals surface area contributed by atoms with Gasteiger partial charge in [-0.25, -0.2) is 4.79 Å². The summed E-state index contributed by atoms with van der Waals surface area (Å²) in [6, 6.07) is 9.58. The number of aromatic nitrogens is 2. The van der Waals surface area contributed by atoms with Gasteiger partial charge in [-0.3, -0.25) is 5.10 Å². The van der Waals surface area contributed by atoms with Crippen molar-refractivity contribution in [2.24, 2.45) is 0 Å². The van der Waals surface area contributed by atoms with Crippen LogP contribution in [0.4, 0.5) is 13.2 Å². The van der Waals surface area contributed by atoms with E-state index in [-0.39, 0.29) is 6.61 Å². The first-order chi connectivity index (χ1) is 15.8. The maximum absolute atomic E-state index is 12.9. The summed E-state index contributed by atoms with van der Waals surface area (Å²) in [6.45, 7) is 6.76.